The van der Waals surface area contributed by atoms with E-state index in [-0.39, 0.29) is 6.61 Å². The van der Waals surface area contributed by atoms with Gasteiger partial charge in [-0.1, -0.05) is 30.3 Å². The predicted octanol–water partition coefficient (Wildman–Crippen LogP) is 2.52. The number of aliphatic hydroxyl groups excluding tert-OH is 1. The van der Waals surface area contributed by atoms with Crippen LogP contribution >= 0.6 is 0 Å². The molecule has 0 aliphatic heterocycles. The van der Waals surface area contributed by atoms with Gasteiger partial charge in [0.2, 0.25) is 6.33 Å². The molecule has 1 aromatic heterocycles. The number of hydrogen-bond acceptors (Lipinski definition) is 2. The maximum atomic E-state index is 10.4. The third-order valence-electron chi connectivity index (χ3n) is 4.12. The van der Waals surface area contributed by atoms with E-state index in [2.05, 4.69) is 21.3 Å². The van der Waals surface area contributed by atoms with Crippen molar-refractivity contribution in [3.63, 3.8) is 0 Å². The van der Waals surface area contributed by atoms with E-state index in [4.69, 9.17) is 4.74 Å². The van der Waals surface area contributed by atoms with E-state index in [0.29, 0.717) is 6.54 Å². The standard InChI is InChI=1S/C19H23N2O2/c1-14-7-6-8-15(2)19(14)23-12-16(22)11-21-13-20(3)17-9-4-5-10-18(17)21/h4-10,13,16,22H,11-12H2,1-3H3/q+1/t16-/m0/s1. The molecule has 0 saturated heterocycles. The molecule has 0 saturated carbocycles. The number of ether oxygens (including phenoxy) is 1. The van der Waals surface area contributed by atoms with Gasteiger partial charge in [-0.25, -0.2) is 9.13 Å². The topological polar surface area (TPSA) is 38.3 Å². The first kappa shape index (κ1) is 15.6. The number of rotatable bonds is 5. The first-order valence-corrected chi connectivity index (χ1v) is 7.87. The number of fused-ring (bicyclic) bond motifs is 1. The van der Waals surface area contributed by atoms with E-state index in [1.165, 1.54) is 0 Å². The van der Waals surface area contributed by atoms with Crippen molar-refractivity contribution < 1.29 is 14.4 Å². The Morgan fingerprint density at radius 2 is 1.78 bits per heavy atom. The molecule has 0 unspecified atom stereocenters. The third-order valence-corrected chi connectivity index (χ3v) is 4.12. The largest absolute Gasteiger partial charge is 0.490 e. The van der Waals surface area contributed by atoms with Crippen molar-refractivity contribution in [3.05, 3.63) is 59.9 Å². The predicted molar refractivity (Wildman–Crippen MR) is 90.5 cm³/mol. The zero-order valence-corrected chi connectivity index (χ0v) is 13.9. The number of hydrogen-bond donors (Lipinski definition) is 1. The summed E-state index contributed by atoms with van der Waals surface area (Å²) < 4.78 is 9.98. The quantitative estimate of drug-likeness (QED) is 0.735. The molecule has 0 spiro atoms. The minimum atomic E-state index is -0.565. The number of benzene rings is 2. The zero-order valence-electron chi connectivity index (χ0n) is 13.9. The molecule has 0 aliphatic carbocycles. The van der Waals surface area contributed by atoms with Crippen LogP contribution in [0, 0.1) is 13.8 Å². The second-order valence-electron chi connectivity index (χ2n) is 6.05. The molecule has 2 aromatic carbocycles. The fraction of sp³-hybridized carbons (Fsp3) is 0.316. The Hall–Kier alpha value is -2.33. The molecule has 1 heterocycles. The number of aliphatic hydroxyl groups is 1. The normalized spacial score (nSPS) is 12.5. The van der Waals surface area contributed by atoms with Gasteiger partial charge in [0.05, 0.1) is 7.05 Å². The van der Waals surface area contributed by atoms with E-state index in [1.807, 2.05) is 57.6 Å². The fourth-order valence-corrected chi connectivity index (χ4v) is 2.97. The Kier molecular flexibility index (Phi) is 4.35. The van der Waals surface area contributed by atoms with Gasteiger partial charge in [-0.15, -0.1) is 0 Å². The summed E-state index contributed by atoms with van der Waals surface area (Å²) in [6, 6.07) is 14.2. The third kappa shape index (κ3) is 3.22. The molecule has 4 nitrogen and oxygen atoms in total. The maximum Gasteiger partial charge on any atom is 0.244 e. The van der Waals surface area contributed by atoms with Crippen LogP contribution in [0.2, 0.25) is 0 Å². The number of aromatic nitrogens is 2. The molecule has 0 amide bonds. The van der Waals surface area contributed by atoms with Gasteiger partial charge in [0.25, 0.3) is 0 Å². The SMILES string of the molecule is Cc1cccc(C)c1OC[C@@H](O)Cn1c[n+](C)c2ccccc21. The summed E-state index contributed by atoms with van der Waals surface area (Å²) in [6.45, 7) is 4.83. The Morgan fingerprint density at radius 1 is 1.09 bits per heavy atom. The lowest BCUT2D eigenvalue weighted by Gasteiger charge is -2.14. The average Bonchev–Trinajstić information content (AvgIpc) is 2.83. The summed E-state index contributed by atoms with van der Waals surface area (Å²) in [5.74, 6) is 0.870. The molecule has 1 atom stereocenters. The van der Waals surface area contributed by atoms with Gasteiger partial charge in [0.15, 0.2) is 11.0 Å². The number of aryl methyl sites for hydroxylation is 3. The molecular weight excluding hydrogens is 288 g/mol. The van der Waals surface area contributed by atoms with Crippen molar-refractivity contribution in [2.45, 2.75) is 26.5 Å². The van der Waals surface area contributed by atoms with Crippen LogP contribution in [0.3, 0.4) is 0 Å². The molecule has 0 aliphatic rings. The Labute approximate surface area is 136 Å². The highest BCUT2D eigenvalue weighted by Gasteiger charge is 2.17. The fourth-order valence-electron chi connectivity index (χ4n) is 2.97. The Balaban J connectivity index is 1.71. The van der Waals surface area contributed by atoms with Crippen molar-refractivity contribution >= 4 is 11.0 Å². The lowest BCUT2D eigenvalue weighted by Crippen LogP contribution is -2.27. The molecule has 3 aromatic rings. The van der Waals surface area contributed by atoms with Crippen LogP contribution in [0.15, 0.2) is 48.8 Å². The Morgan fingerprint density at radius 3 is 2.52 bits per heavy atom. The van der Waals surface area contributed by atoms with E-state index in [1.54, 1.807) is 0 Å². The van der Waals surface area contributed by atoms with E-state index in [0.717, 1.165) is 27.9 Å². The van der Waals surface area contributed by atoms with Crippen molar-refractivity contribution in [2.75, 3.05) is 6.61 Å². The van der Waals surface area contributed by atoms with Gasteiger partial charge in [0, 0.05) is 0 Å². The average molecular weight is 311 g/mol. The van der Waals surface area contributed by atoms with E-state index >= 15 is 0 Å². The highest BCUT2D eigenvalue weighted by atomic mass is 16.5. The van der Waals surface area contributed by atoms with Gasteiger partial charge in [-0.2, -0.15) is 0 Å². The molecule has 0 fully saturated rings. The lowest BCUT2D eigenvalue weighted by molar-refractivity contribution is -0.645. The van der Waals surface area contributed by atoms with Crippen molar-refractivity contribution in [2.24, 2.45) is 7.05 Å². The van der Waals surface area contributed by atoms with E-state index < -0.39 is 6.10 Å². The second kappa shape index (κ2) is 6.42. The van der Waals surface area contributed by atoms with Crippen LogP contribution in [0.25, 0.3) is 11.0 Å². The van der Waals surface area contributed by atoms with Gasteiger partial charge in [0.1, 0.15) is 25.0 Å². The Bertz CT molecular complexity index is 803. The molecular formula is C19H23N2O2+. The summed E-state index contributed by atoms with van der Waals surface area (Å²) in [5.41, 5.74) is 4.45. The van der Waals surface area contributed by atoms with Crippen LogP contribution in [0.1, 0.15) is 11.1 Å². The van der Waals surface area contributed by atoms with Gasteiger partial charge in [-0.05, 0) is 37.1 Å². The molecule has 3 rings (SSSR count). The first-order chi connectivity index (χ1) is 11.1. The highest BCUT2D eigenvalue weighted by Crippen LogP contribution is 2.22. The number of nitrogens with zero attached hydrogens (tertiary/aromatic N) is 2. The molecule has 1 N–H and O–H groups in total. The summed E-state index contributed by atoms with van der Waals surface area (Å²) >= 11 is 0. The van der Waals surface area contributed by atoms with Gasteiger partial charge >= 0.3 is 0 Å². The van der Waals surface area contributed by atoms with Crippen LogP contribution in [-0.2, 0) is 13.6 Å². The molecule has 0 bridgehead atoms. The zero-order chi connectivity index (χ0) is 16.4. The monoisotopic (exact) mass is 311 g/mol. The maximum absolute atomic E-state index is 10.4. The van der Waals surface area contributed by atoms with Crippen LogP contribution in [0.5, 0.6) is 5.75 Å². The van der Waals surface area contributed by atoms with Gasteiger partial charge in [-0.3, -0.25) is 0 Å². The minimum Gasteiger partial charge on any atom is -0.490 e. The van der Waals surface area contributed by atoms with Crippen LogP contribution < -0.4 is 9.30 Å². The first-order valence-electron chi connectivity index (χ1n) is 7.87. The number of imidazole rings is 1. The van der Waals surface area contributed by atoms with Crippen LogP contribution in [-0.4, -0.2) is 22.4 Å². The smallest absolute Gasteiger partial charge is 0.244 e. The lowest BCUT2D eigenvalue weighted by atomic mass is 10.1. The second-order valence-corrected chi connectivity index (χ2v) is 6.05. The molecule has 120 valence electrons. The summed E-state index contributed by atoms with van der Waals surface area (Å²) in [7, 11) is 2.01. The van der Waals surface area contributed by atoms with Gasteiger partial charge < -0.3 is 9.84 Å². The van der Waals surface area contributed by atoms with Crippen molar-refractivity contribution in [1.29, 1.82) is 0 Å². The van der Waals surface area contributed by atoms with E-state index in [9.17, 15) is 5.11 Å². The molecule has 23 heavy (non-hydrogen) atoms. The van der Waals surface area contributed by atoms with Crippen molar-refractivity contribution in [3.8, 4) is 5.75 Å². The summed E-state index contributed by atoms with van der Waals surface area (Å²) in [5, 5.41) is 10.4. The molecule has 4 heteroatoms. The summed E-state index contributed by atoms with van der Waals surface area (Å²) in [6.07, 6.45) is 1.44. The van der Waals surface area contributed by atoms with Crippen molar-refractivity contribution in [1.82, 2.24) is 4.57 Å². The summed E-state index contributed by atoms with van der Waals surface area (Å²) in [4.78, 5) is 0. The van der Waals surface area contributed by atoms with Crippen LogP contribution in [0.4, 0.5) is 0 Å². The highest BCUT2D eigenvalue weighted by molar-refractivity contribution is 5.71. The number of para-hydroxylation sites is 3. The molecule has 0 radical (unpaired) electrons. The minimum absolute atomic E-state index is 0.280.